The minimum Gasteiger partial charge on any atom is -0.378 e. The van der Waals surface area contributed by atoms with Crippen molar-refractivity contribution in [2.75, 3.05) is 24.0 Å². The summed E-state index contributed by atoms with van der Waals surface area (Å²) in [6.45, 7) is 3.89. The summed E-state index contributed by atoms with van der Waals surface area (Å²) < 4.78 is 0. The second kappa shape index (κ2) is 6.32. The fourth-order valence-electron chi connectivity index (χ4n) is 2.58. The van der Waals surface area contributed by atoms with Gasteiger partial charge in [-0.05, 0) is 49.8 Å². The van der Waals surface area contributed by atoms with E-state index in [1.165, 1.54) is 5.01 Å². The van der Waals surface area contributed by atoms with Crippen LogP contribution in [0.15, 0.2) is 59.2 Å². The lowest BCUT2D eigenvalue weighted by atomic mass is 10.1. The summed E-state index contributed by atoms with van der Waals surface area (Å²) >= 11 is 0. The molecule has 0 saturated carbocycles. The molecule has 1 aliphatic rings. The number of anilines is 2. The molecule has 0 radical (unpaired) electrons. The Bertz CT molecular complexity index is 815. The Morgan fingerprint density at radius 1 is 0.958 bits per heavy atom. The Hall–Kier alpha value is -2.88. The lowest BCUT2D eigenvalue weighted by Crippen LogP contribution is -2.21. The summed E-state index contributed by atoms with van der Waals surface area (Å²) in [7, 11) is 4.01. The smallest absolute Gasteiger partial charge is 0.280 e. The van der Waals surface area contributed by atoms with Crippen molar-refractivity contribution in [3.05, 3.63) is 65.2 Å². The third-order valence-electron chi connectivity index (χ3n) is 4.06. The maximum atomic E-state index is 12.7. The van der Waals surface area contributed by atoms with Crippen molar-refractivity contribution < 1.29 is 4.79 Å². The molecule has 4 heteroatoms. The zero-order valence-corrected chi connectivity index (χ0v) is 14.4. The summed E-state index contributed by atoms with van der Waals surface area (Å²) in [6, 6.07) is 15.9. The van der Waals surface area contributed by atoms with E-state index in [9.17, 15) is 4.79 Å². The molecule has 1 heterocycles. The van der Waals surface area contributed by atoms with Gasteiger partial charge < -0.3 is 4.90 Å². The molecule has 122 valence electrons. The van der Waals surface area contributed by atoms with Gasteiger partial charge in [0.25, 0.3) is 5.91 Å². The van der Waals surface area contributed by atoms with Crippen LogP contribution < -0.4 is 9.91 Å². The molecule has 0 aliphatic carbocycles. The molecule has 0 spiro atoms. The molecule has 0 unspecified atom stereocenters. The van der Waals surface area contributed by atoms with Gasteiger partial charge in [0, 0.05) is 19.8 Å². The Labute approximate surface area is 142 Å². The van der Waals surface area contributed by atoms with Gasteiger partial charge in [0.05, 0.1) is 17.0 Å². The molecule has 3 rings (SSSR count). The molecular weight excluding hydrogens is 298 g/mol. The van der Waals surface area contributed by atoms with Crippen LogP contribution >= 0.6 is 0 Å². The third kappa shape index (κ3) is 3.08. The first-order valence-electron chi connectivity index (χ1n) is 7.91. The zero-order valence-electron chi connectivity index (χ0n) is 14.4. The minimum absolute atomic E-state index is 0.0898. The van der Waals surface area contributed by atoms with Gasteiger partial charge in [0.1, 0.15) is 0 Å². The van der Waals surface area contributed by atoms with Crippen molar-refractivity contribution in [1.29, 1.82) is 0 Å². The van der Waals surface area contributed by atoms with Crippen LogP contribution in [0, 0.1) is 6.92 Å². The average molecular weight is 319 g/mol. The number of hydrogen-bond acceptors (Lipinski definition) is 3. The molecule has 0 atom stereocenters. The molecule has 2 aromatic rings. The molecule has 0 fully saturated rings. The van der Waals surface area contributed by atoms with Crippen LogP contribution in [0.3, 0.4) is 0 Å². The highest BCUT2D eigenvalue weighted by Gasteiger charge is 2.28. The Balaban J connectivity index is 1.88. The number of rotatable bonds is 3. The average Bonchev–Trinajstić information content (AvgIpc) is 2.84. The maximum Gasteiger partial charge on any atom is 0.280 e. The van der Waals surface area contributed by atoms with Gasteiger partial charge >= 0.3 is 0 Å². The van der Waals surface area contributed by atoms with Gasteiger partial charge in [-0.2, -0.15) is 10.1 Å². The van der Waals surface area contributed by atoms with Gasteiger partial charge in [0.2, 0.25) is 0 Å². The first kappa shape index (κ1) is 16.0. The molecule has 0 bridgehead atoms. The standard InChI is InChI=1S/C20H21N3O/c1-14-5-9-18(10-6-14)23-20(24)19(15(2)21-23)13-16-7-11-17(12-8-16)22(3)4/h5-13H,1-4H3/b19-13+. The van der Waals surface area contributed by atoms with E-state index >= 15 is 0 Å². The summed E-state index contributed by atoms with van der Waals surface area (Å²) in [5.41, 5.74) is 5.43. The molecule has 4 nitrogen and oxygen atoms in total. The van der Waals surface area contributed by atoms with Crippen LogP contribution in [0.2, 0.25) is 0 Å². The van der Waals surface area contributed by atoms with E-state index in [4.69, 9.17) is 0 Å². The van der Waals surface area contributed by atoms with Crippen LogP contribution in [0.25, 0.3) is 6.08 Å². The van der Waals surface area contributed by atoms with Gasteiger partial charge in [0.15, 0.2) is 0 Å². The Kier molecular flexibility index (Phi) is 4.21. The summed E-state index contributed by atoms with van der Waals surface area (Å²) in [5.74, 6) is -0.0898. The van der Waals surface area contributed by atoms with Crippen molar-refractivity contribution in [3.8, 4) is 0 Å². The molecule has 1 aliphatic heterocycles. The second-order valence-electron chi connectivity index (χ2n) is 6.18. The SMILES string of the molecule is CC1=NN(c2ccc(C)cc2)C(=O)/C1=C/c1ccc(N(C)C)cc1. The topological polar surface area (TPSA) is 35.9 Å². The van der Waals surface area contributed by atoms with Crippen LogP contribution in [-0.4, -0.2) is 25.7 Å². The predicted octanol–water partition coefficient (Wildman–Crippen LogP) is 3.87. The van der Waals surface area contributed by atoms with E-state index in [0.29, 0.717) is 5.57 Å². The van der Waals surface area contributed by atoms with E-state index in [1.807, 2.05) is 87.4 Å². The lowest BCUT2D eigenvalue weighted by molar-refractivity contribution is -0.114. The largest absolute Gasteiger partial charge is 0.378 e. The Morgan fingerprint density at radius 2 is 1.58 bits per heavy atom. The number of carbonyl (C=O) groups is 1. The van der Waals surface area contributed by atoms with Gasteiger partial charge in [-0.1, -0.05) is 29.8 Å². The highest BCUT2D eigenvalue weighted by molar-refractivity contribution is 6.32. The van der Waals surface area contributed by atoms with E-state index in [-0.39, 0.29) is 5.91 Å². The Morgan fingerprint density at radius 3 is 2.17 bits per heavy atom. The van der Waals surface area contributed by atoms with Crippen LogP contribution in [0.5, 0.6) is 0 Å². The molecular formula is C20H21N3O. The molecule has 24 heavy (non-hydrogen) atoms. The van der Waals surface area contributed by atoms with E-state index in [1.54, 1.807) is 0 Å². The normalized spacial score (nSPS) is 15.8. The summed E-state index contributed by atoms with van der Waals surface area (Å²) in [5, 5.41) is 5.88. The van der Waals surface area contributed by atoms with E-state index < -0.39 is 0 Å². The number of carbonyl (C=O) groups excluding carboxylic acids is 1. The molecule has 0 aromatic heterocycles. The molecule has 0 saturated heterocycles. The van der Waals surface area contributed by atoms with Gasteiger partial charge in [-0.3, -0.25) is 4.79 Å². The molecule has 2 aromatic carbocycles. The second-order valence-corrected chi connectivity index (χ2v) is 6.18. The fraction of sp³-hybridized carbons (Fsp3) is 0.200. The van der Waals surface area contributed by atoms with Gasteiger partial charge in [-0.25, -0.2) is 0 Å². The molecule has 0 N–H and O–H groups in total. The number of hydrogen-bond donors (Lipinski definition) is 0. The summed E-state index contributed by atoms with van der Waals surface area (Å²) in [6.07, 6.45) is 1.90. The van der Waals surface area contributed by atoms with E-state index in [2.05, 4.69) is 5.10 Å². The molecule has 1 amide bonds. The first-order chi connectivity index (χ1) is 11.5. The van der Waals surface area contributed by atoms with Crippen molar-refractivity contribution >= 4 is 29.1 Å². The fourth-order valence-corrected chi connectivity index (χ4v) is 2.58. The van der Waals surface area contributed by atoms with Crippen molar-refractivity contribution in [2.45, 2.75) is 13.8 Å². The number of aryl methyl sites for hydroxylation is 1. The highest BCUT2D eigenvalue weighted by atomic mass is 16.2. The highest BCUT2D eigenvalue weighted by Crippen LogP contribution is 2.25. The number of hydrazone groups is 1. The van der Waals surface area contributed by atoms with Crippen molar-refractivity contribution in [3.63, 3.8) is 0 Å². The minimum atomic E-state index is -0.0898. The number of nitrogens with zero attached hydrogens (tertiary/aromatic N) is 3. The zero-order chi connectivity index (χ0) is 17.3. The van der Waals surface area contributed by atoms with Crippen LogP contribution in [0.1, 0.15) is 18.1 Å². The summed E-state index contributed by atoms with van der Waals surface area (Å²) in [4.78, 5) is 14.8. The maximum absolute atomic E-state index is 12.7. The third-order valence-corrected chi connectivity index (χ3v) is 4.06. The lowest BCUT2D eigenvalue weighted by Gasteiger charge is -2.12. The number of amides is 1. The van der Waals surface area contributed by atoms with E-state index in [0.717, 1.165) is 28.2 Å². The van der Waals surface area contributed by atoms with Crippen LogP contribution in [0.4, 0.5) is 11.4 Å². The van der Waals surface area contributed by atoms with Gasteiger partial charge in [-0.15, -0.1) is 0 Å². The van der Waals surface area contributed by atoms with Crippen molar-refractivity contribution in [1.82, 2.24) is 0 Å². The number of benzene rings is 2. The first-order valence-corrected chi connectivity index (χ1v) is 7.91. The monoisotopic (exact) mass is 319 g/mol. The predicted molar refractivity (Wildman–Crippen MR) is 101 cm³/mol. The van der Waals surface area contributed by atoms with Crippen molar-refractivity contribution in [2.24, 2.45) is 5.10 Å². The van der Waals surface area contributed by atoms with Crippen LogP contribution in [-0.2, 0) is 4.79 Å². The quantitative estimate of drug-likeness (QED) is 0.805.